The fourth-order valence-corrected chi connectivity index (χ4v) is 2.70. The summed E-state index contributed by atoms with van der Waals surface area (Å²) in [7, 11) is 0. The van der Waals surface area contributed by atoms with E-state index in [4.69, 9.17) is 10.5 Å². The van der Waals surface area contributed by atoms with Gasteiger partial charge in [-0.05, 0) is 32.3 Å². The van der Waals surface area contributed by atoms with Crippen molar-refractivity contribution in [2.45, 2.75) is 45.4 Å². The molecular weight excluding hydrogens is 308 g/mol. The SMILES string of the molecule is CC1C(=O)O[C@H]1C.NC(=O)OC1CCN(Cc2ccccc2)CC1.[HH]. The first-order valence-corrected chi connectivity index (χ1v) is 8.38. The van der Waals surface area contributed by atoms with E-state index in [-0.39, 0.29) is 25.5 Å². The number of primary amides is 1. The second kappa shape index (κ2) is 8.68. The Morgan fingerprint density at radius 3 is 2.33 bits per heavy atom. The minimum Gasteiger partial charge on any atom is -0.461 e. The summed E-state index contributed by atoms with van der Waals surface area (Å²) < 4.78 is 9.61. The van der Waals surface area contributed by atoms with Gasteiger partial charge in [0.1, 0.15) is 12.2 Å². The van der Waals surface area contributed by atoms with Crippen LogP contribution in [0.2, 0.25) is 0 Å². The van der Waals surface area contributed by atoms with Crippen LogP contribution >= 0.6 is 0 Å². The average molecular weight is 336 g/mol. The Kier molecular flexibility index (Phi) is 6.61. The molecule has 2 N–H and O–H groups in total. The molecule has 1 aromatic rings. The molecule has 0 saturated carbocycles. The Hall–Kier alpha value is -2.08. The molecule has 1 amide bonds. The van der Waals surface area contributed by atoms with Gasteiger partial charge in [-0.2, -0.15) is 0 Å². The highest BCUT2D eigenvalue weighted by Gasteiger charge is 2.34. The molecule has 1 unspecified atom stereocenters. The van der Waals surface area contributed by atoms with E-state index in [1.54, 1.807) is 0 Å². The maximum atomic E-state index is 10.6. The largest absolute Gasteiger partial charge is 0.461 e. The number of hydrogen-bond donors (Lipinski definition) is 1. The number of carbonyl (C=O) groups excluding carboxylic acids is 2. The number of rotatable bonds is 3. The molecule has 0 aliphatic carbocycles. The number of cyclic esters (lactones) is 1. The fourth-order valence-electron chi connectivity index (χ4n) is 2.70. The van der Waals surface area contributed by atoms with Crippen molar-refractivity contribution in [2.75, 3.05) is 13.1 Å². The van der Waals surface area contributed by atoms with Gasteiger partial charge < -0.3 is 15.2 Å². The van der Waals surface area contributed by atoms with Crippen LogP contribution in [0.15, 0.2) is 30.3 Å². The molecule has 6 nitrogen and oxygen atoms in total. The molecule has 3 rings (SSSR count). The summed E-state index contributed by atoms with van der Waals surface area (Å²) in [5, 5.41) is 0. The third-order valence-corrected chi connectivity index (χ3v) is 4.44. The highest BCUT2D eigenvalue weighted by Crippen LogP contribution is 2.19. The van der Waals surface area contributed by atoms with E-state index in [1.807, 2.05) is 19.9 Å². The van der Waals surface area contributed by atoms with Crippen LogP contribution in [0.3, 0.4) is 0 Å². The second-order valence-corrected chi connectivity index (χ2v) is 6.33. The molecule has 2 aliphatic heterocycles. The molecule has 0 spiro atoms. The van der Waals surface area contributed by atoms with Crippen molar-refractivity contribution in [3.63, 3.8) is 0 Å². The van der Waals surface area contributed by atoms with E-state index < -0.39 is 6.09 Å². The number of esters is 1. The zero-order valence-corrected chi connectivity index (χ0v) is 14.3. The zero-order chi connectivity index (χ0) is 17.5. The summed E-state index contributed by atoms with van der Waals surface area (Å²) in [5.74, 6) is 0.0764. The second-order valence-electron chi connectivity index (χ2n) is 6.33. The van der Waals surface area contributed by atoms with Crippen LogP contribution in [0.25, 0.3) is 0 Å². The van der Waals surface area contributed by atoms with Crippen molar-refractivity contribution < 1.29 is 20.5 Å². The number of amides is 1. The number of nitrogens with two attached hydrogens (primary N) is 1. The summed E-state index contributed by atoms with van der Waals surface area (Å²) in [4.78, 5) is 23.2. The molecule has 2 atom stereocenters. The highest BCUT2D eigenvalue weighted by molar-refractivity contribution is 5.77. The van der Waals surface area contributed by atoms with Crippen molar-refractivity contribution in [2.24, 2.45) is 11.7 Å². The molecule has 2 fully saturated rings. The highest BCUT2D eigenvalue weighted by atomic mass is 16.6. The van der Waals surface area contributed by atoms with E-state index in [0.29, 0.717) is 0 Å². The lowest BCUT2D eigenvalue weighted by Crippen LogP contribution is -2.40. The zero-order valence-electron chi connectivity index (χ0n) is 14.3. The van der Waals surface area contributed by atoms with Crippen LogP contribution in [0, 0.1) is 5.92 Å². The predicted molar refractivity (Wildman–Crippen MR) is 92.2 cm³/mol. The van der Waals surface area contributed by atoms with Crippen molar-refractivity contribution >= 4 is 12.1 Å². The first-order valence-electron chi connectivity index (χ1n) is 8.38. The topological polar surface area (TPSA) is 81.9 Å². The minimum absolute atomic E-state index is 0. The van der Waals surface area contributed by atoms with Crippen molar-refractivity contribution in [1.29, 1.82) is 0 Å². The first kappa shape index (κ1) is 18.3. The number of piperidine rings is 1. The van der Waals surface area contributed by atoms with Crippen LogP contribution in [-0.2, 0) is 20.8 Å². The van der Waals surface area contributed by atoms with Crippen LogP contribution < -0.4 is 5.73 Å². The Labute approximate surface area is 144 Å². The normalized spacial score (nSPS) is 24.2. The minimum atomic E-state index is -0.661. The summed E-state index contributed by atoms with van der Waals surface area (Å²) in [6, 6.07) is 10.4. The number of likely N-dealkylation sites (tertiary alicyclic amines) is 1. The lowest BCUT2D eigenvalue weighted by molar-refractivity contribution is -0.179. The molecule has 2 saturated heterocycles. The number of benzene rings is 1. The van der Waals surface area contributed by atoms with E-state index in [1.165, 1.54) is 5.56 Å². The van der Waals surface area contributed by atoms with Crippen LogP contribution in [0.4, 0.5) is 4.79 Å². The van der Waals surface area contributed by atoms with E-state index >= 15 is 0 Å². The molecule has 2 aliphatic rings. The van der Waals surface area contributed by atoms with Gasteiger partial charge in [-0.25, -0.2) is 4.79 Å². The van der Waals surface area contributed by atoms with Gasteiger partial charge in [0.05, 0.1) is 5.92 Å². The Morgan fingerprint density at radius 2 is 1.92 bits per heavy atom. The van der Waals surface area contributed by atoms with Crippen LogP contribution in [0.5, 0.6) is 0 Å². The Balaban J connectivity index is 0.000000330. The molecule has 1 aromatic carbocycles. The third-order valence-electron chi connectivity index (χ3n) is 4.44. The van der Waals surface area contributed by atoms with Crippen molar-refractivity contribution in [3.8, 4) is 0 Å². The number of hydrogen-bond acceptors (Lipinski definition) is 5. The van der Waals surface area contributed by atoms with Gasteiger partial charge in [0.15, 0.2) is 0 Å². The van der Waals surface area contributed by atoms with Crippen molar-refractivity contribution in [1.82, 2.24) is 4.90 Å². The predicted octanol–water partition coefficient (Wildman–Crippen LogP) is 2.56. The van der Waals surface area contributed by atoms with Crippen molar-refractivity contribution in [3.05, 3.63) is 35.9 Å². The summed E-state index contributed by atoms with van der Waals surface area (Å²) >= 11 is 0. The average Bonchev–Trinajstić information content (AvgIpc) is 2.58. The fraction of sp³-hybridized carbons (Fsp3) is 0.556. The van der Waals surface area contributed by atoms with Gasteiger partial charge in [0.2, 0.25) is 0 Å². The molecular formula is C18H28N2O4. The standard InChI is InChI=1S/C13H18N2O2.C5H8O2.H2/c14-13(16)17-12-6-8-15(9-7-12)10-11-4-2-1-3-5-11;1-3-4(2)7-5(3)6;/h1-5,12H,6-10H2,(H2,14,16);3-4H,1-2H3;1H/t;3?,4-;/m.0./s1. The summed E-state index contributed by atoms with van der Waals surface area (Å²) in [6.07, 6.45) is 1.24. The van der Waals surface area contributed by atoms with Gasteiger partial charge in [0, 0.05) is 21.1 Å². The maximum absolute atomic E-state index is 10.6. The van der Waals surface area contributed by atoms with Gasteiger partial charge >= 0.3 is 12.1 Å². The molecule has 0 radical (unpaired) electrons. The first-order chi connectivity index (χ1) is 11.5. The third kappa shape index (κ3) is 5.53. The summed E-state index contributed by atoms with van der Waals surface area (Å²) in [6.45, 7) is 6.63. The van der Waals surface area contributed by atoms with Crippen LogP contribution in [-0.4, -0.2) is 42.3 Å². The quantitative estimate of drug-likeness (QED) is 0.858. The molecule has 6 heteroatoms. The Bertz CT molecular complexity index is 547. The number of ether oxygens (including phenoxy) is 2. The lowest BCUT2D eigenvalue weighted by atomic mass is 10.0. The Morgan fingerprint density at radius 1 is 1.29 bits per heavy atom. The van der Waals surface area contributed by atoms with E-state index in [9.17, 15) is 9.59 Å². The van der Waals surface area contributed by atoms with E-state index in [2.05, 4.69) is 33.9 Å². The van der Waals surface area contributed by atoms with Gasteiger partial charge in [0.25, 0.3) is 0 Å². The number of carbonyl (C=O) groups is 2. The van der Waals surface area contributed by atoms with Crippen LogP contribution in [0.1, 0.15) is 33.7 Å². The monoisotopic (exact) mass is 336 g/mol. The molecule has 0 aromatic heterocycles. The smallest absolute Gasteiger partial charge is 0.404 e. The van der Waals surface area contributed by atoms with Gasteiger partial charge in [-0.15, -0.1) is 0 Å². The summed E-state index contributed by atoms with van der Waals surface area (Å²) in [5.41, 5.74) is 6.33. The van der Waals surface area contributed by atoms with Gasteiger partial charge in [-0.1, -0.05) is 30.3 Å². The lowest BCUT2D eigenvalue weighted by Gasteiger charge is -2.31. The molecule has 0 bridgehead atoms. The molecule has 134 valence electrons. The number of nitrogens with zero attached hydrogens (tertiary/aromatic N) is 1. The van der Waals surface area contributed by atoms with Gasteiger partial charge in [-0.3, -0.25) is 9.69 Å². The molecule has 24 heavy (non-hydrogen) atoms. The van der Waals surface area contributed by atoms with E-state index in [0.717, 1.165) is 32.5 Å². The molecule has 2 heterocycles. The maximum Gasteiger partial charge on any atom is 0.404 e.